The zero-order chi connectivity index (χ0) is 8.69. The van der Waals surface area contributed by atoms with Crippen LogP contribution in [-0.4, -0.2) is 43.0 Å². The molecule has 1 heterocycles. The molecule has 1 rings (SSSR count). The van der Waals surface area contributed by atoms with E-state index < -0.39 is 0 Å². The third kappa shape index (κ3) is 3.98. The Hall–Kier alpha value is -0.570. The van der Waals surface area contributed by atoms with Gasteiger partial charge in [-0.05, 0) is 13.5 Å². The summed E-state index contributed by atoms with van der Waals surface area (Å²) in [4.78, 5) is 14.1. The van der Waals surface area contributed by atoms with Gasteiger partial charge in [-0.25, -0.2) is 0 Å². The quantitative estimate of drug-likeness (QED) is 0.526. The van der Waals surface area contributed by atoms with Crippen molar-refractivity contribution in [2.75, 3.05) is 26.8 Å². The van der Waals surface area contributed by atoms with Crippen LogP contribution in [0.3, 0.4) is 0 Å². The average molecular weight is 158 g/mol. The van der Waals surface area contributed by atoms with Gasteiger partial charge in [0.25, 0.3) is 0 Å². The van der Waals surface area contributed by atoms with Gasteiger partial charge in [0, 0.05) is 13.1 Å². The molecule has 3 heteroatoms. The Kier molecular flexibility index (Phi) is 5.84. The van der Waals surface area contributed by atoms with E-state index in [1.165, 1.54) is 0 Å². The fourth-order valence-electron chi connectivity index (χ4n) is 1.08. The molecule has 1 aliphatic heterocycles. The molecule has 1 saturated heterocycles. The topological polar surface area (TPSA) is 23.6 Å². The molecule has 0 saturated carbocycles. The number of hydrogen-bond acceptors (Lipinski definition) is 2. The van der Waals surface area contributed by atoms with Gasteiger partial charge in [-0.1, -0.05) is 13.8 Å². The maximum absolute atomic E-state index is 10.2. The molecular weight excluding hydrogens is 140 g/mol. The highest BCUT2D eigenvalue weighted by atomic mass is 16.1. The molecule has 0 aromatic heterocycles. The Morgan fingerprint density at radius 2 is 1.91 bits per heavy atom. The summed E-state index contributed by atoms with van der Waals surface area (Å²) >= 11 is 0. The normalized spacial score (nSPS) is 18.6. The average Bonchev–Trinajstić information content (AvgIpc) is 2.08. The van der Waals surface area contributed by atoms with Crippen molar-refractivity contribution in [3.63, 3.8) is 0 Å². The van der Waals surface area contributed by atoms with E-state index in [1.807, 2.05) is 20.9 Å². The summed E-state index contributed by atoms with van der Waals surface area (Å²) in [5.74, 6) is 0. The number of hydrogen-bond donors (Lipinski definition) is 0. The van der Waals surface area contributed by atoms with Crippen LogP contribution in [0.4, 0.5) is 0 Å². The van der Waals surface area contributed by atoms with Gasteiger partial charge < -0.3 is 4.90 Å². The molecule has 0 unspecified atom stereocenters. The summed E-state index contributed by atoms with van der Waals surface area (Å²) in [6, 6.07) is 0. The van der Waals surface area contributed by atoms with Gasteiger partial charge in [-0.15, -0.1) is 0 Å². The first kappa shape index (κ1) is 10.4. The van der Waals surface area contributed by atoms with Crippen LogP contribution in [0.1, 0.15) is 20.3 Å². The fourth-order valence-corrected chi connectivity index (χ4v) is 1.08. The first-order valence-corrected chi connectivity index (χ1v) is 4.21. The van der Waals surface area contributed by atoms with E-state index in [9.17, 15) is 4.79 Å². The van der Waals surface area contributed by atoms with Crippen LogP contribution in [0, 0.1) is 0 Å². The van der Waals surface area contributed by atoms with Crippen molar-refractivity contribution >= 4 is 6.41 Å². The molecule has 11 heavy (non-hydrogen) atoms. The van der Waals surface area contributed by atoms with Crippen LogP contribution in [-0.2, 0) is 4.79 Å². The number of nitrogens with zero attached hydrogens (tertiary/aromatic N) is 2. The summed E-state index contributed by atoms with van der Waals surface area (Å²) in [5, 5.41) is 0. The zero-order valence-electron chi connectivity index (χ0n) is 7.71. The number of rotatable bonds is 1. The van der Waals surface area contributed by atoms with Crippen molar-refractivity contribution in [3.8, 4) is 0 Å². The van der Waals surface area contributed by atoms with Crippen molar-refractivity contribution in [2.24, 2.45) is 0 Å². The molecule has 0 aromatic rings. The molecule has 1 aliphatic rings. The highest BCUT2D eigenvalue weighted by Crippen LogP contribution is 1.99. The standard InChI is InChI=1S/C6H12N2O.C2H6/c1-7-3-2-4-8(5-7)6-9;1-2/h6H,2-5H2,1H3;1-2H3. The molecular formula is C8H18N2O. The van der Waals surface area contributed by atoms with Crippen LogP contribution < -0.4 is 0 Å². The van der Waals surface area contributed by atoms with E-state index in [4.69, 9.17) is 0 Å². The SMILES string of the molecule is CC.CN1CCCN(C=O)C1. The number of amides is 1. The van der Waals surface area contributed by atoms with Crippen LogP contribution in [0.25, 0.3) is 0 Å². The third-order valence-electron chi connectivity index (χ3n) is 1.56. The van der Waals surface area contributed by atoms with E-state index in [0.717, 1.165) is 32.6 Å². The monoisotopic (exact) mass is 158 g/mol. The van der Waals surface area contributed by atoms with Gasteiger partial charge >= 0.3 is 0 Å². The summed E-state index contributed by atoms with van der Waals surface area (Å²) in [6.07, 6.45) is 2.02. The van der Waals surface area contributed by atoms with Crippen LogP contribution in [0.15, 0.2) is 0 Å². The van der Waals surface area contributed by atoms with Crippen molar-refractivity contribution in [3.05, 3.63) is 0 Å². The van der Waals surface area contributed by atoms with Crippen molar-refractivity contribution in [1.29, 1.82) is 0 Å². The predicted molar refractivity (Wildman–Crippen MR) is 46.2 cm³/mol. The lowest BCUT2D eigenvalue weighted by Gasteiger charge is -2.29. The molecule has 0 aromatic carbocycles. The van der Waals surface area contributed by atoms with E-state index in [2.05, 4.69) is 4.90 Å². The van der Waals surface area contributed by atoms with E-state index in [-0.39, 0.29) is 0 Å². The molecule has 0 radical (unpaired) electrons. The van der Waals surface area contributed by atoms with Crippen molar-refractivity contribution in [1.82, 2.24) is 9.80 Å². The molecule has 3 nitrogen and oxygen atoms in total. The van der Waals surface area contributed by atoms with Crippen LogP contribution in [0.5, 0.6) is 0 Å². The second-order valence-corrected chi connectivity index (χ2v) is 2.49. The molecule has 0 N–H and O–H groups in total. The summed E-state index contributed by atoms with van der Waals surface area (Å²) < 4.78 is 0. The second-order valence-electron chi connectivity index (χ2n) is 2.49. The lowest BCUT2D eigenvalue weighted by Crippen LogP contribution is -2.41. The first-order chi connectivity index (χ1) is 5.33. The maximum Gasteiger partial charge on any atom is 0.210 e. The van der Waals surface area contributed by atoms with Gasteiger partial charge in [0.15, 0.2) is 0 Å². The Bertz CT molecular complexity index is 106. The third-order valence-corrected chi connectivity index (χ3v) is 1.56. The fraction of sp³-hybridized carbons (Fsp3) is 0.875. The molecule has 0 atom stereocenters. The highest BCUT2D eigenvalue weighted by Gasteiger charge is 2.10. The highest BCUT2D eigenvalue weighted by molar-refractivity contribution is 5.46. The van der Waals surface area contributed by atoms with Gasteiger partial charge in [-0.2, -0.15) is 0 Å². The van der Waals surface area contributed by atoms with E-state index in [1.54, 1.807) is 4.90 Å². The molecule has 0 bridgehead atoms. The van der Waals surface area contributed by atoms with Crippen LogP contribution >= 0.6 is 0 Å². The minimum atomic E-state index is 0.795. The summed E-state index contributed by atoms with van der Waals surface area (Å²) in [5.41, 5.74) is 0. The first-order valence-electron chi connectivity index (χ1n) is 4.21. The molecule has 66 valence electrons. The summed E-state index contributed by atoms with van der Waals surface area (Å²) in [6.45, 7) is 6.83. The Balaban J connectivity index is 0.000000461. The molecule has 0 spiro atoms. The number of carbonyl (C=O) groups excluding carboxylic acids is 1. The Morgan fingerprint density at radius 3 is 2.27 bits per heavy atom. The second kappa shape index (κ2) is 6.16. The van der Waals surface area contributed by atoms with Crippen molar-refractivity contribution < 1.29 is 4.79 Å². The predicted octanol–water partition coefficient (Wildman–Crippen LogP) is 0.764. The molecule has 1 amide bonds. The van der Waals surface area contributed by atoms with E-state index in [0.29, 0.717) is 0 Å². The number of carbonyl (C=O) groups is 1. The van der Waals surface area contributed by atoms with E-state index >= 15 is 0 Å². The van der Waals surface area contributed by atoms with Crippen molar-refractivity contribution in [2.45, 2.75) is 20.3 Å². The smallest absolute Gasteiger partial charge is 0.210 e. The minimum absolute atomic E-state index is 0.795. The van der Waals surface area contributed by atoms with Gasteiger partial charge in [0.2, 0.25) is 6.41 Å². The Morgan fingerprint density at radius 1 is 1.27 bits per heavy atom. The zero-order valence-corrected chi connectivity index (χ0v) is 7.71. The lowest BCUT2D eigenvalue weighted by molar-refractivity contribution is -0.121. The molecule has 0 aliphatic carbocycles. The van der Waals surface area contributed by atoms with Gasteiger partial charge in [0.05, 0.1) is 6.67 Å². The largest absolute Gasteiger partial charge is 0.332 e. The Labute approximate surface area is 69.0 Å². The van der Waals surface area contributed by atoms with Gasteiger partial charge in [-0.3, -0.25) is 9.69 Å². The lowest BCUT2D eigenvalue weighted by atomic mass is 10.3. The minimum Gasteiger partial charge on any atom is -0.332 e. The van der Waals surface area contributed by atoms with Gasteiger partial charge in [0.1, 0.15) is 0 Å². The molecule has 1 fully saturated rings. The summed E-state index contributed by atoms with van der Waals surface area (Å²) in [7, 11) is 2.02. The van der Waals surface area contributed by atoms with Crippen LogP contribution in [0.2, 0.25) is 0 Å². The maximum atomic E-state index is 10.2.